The van der Waals surface area contributed by atoms with E-state index in [0.717, 1.165) is 0 Å². The number of carboxylic acids is 1. The van der Waals surface area contributed by atoms with Crippen molar-refractivity contribution in [1.29, 1.82) is 0 Å². The Morgan fingerprint density at radius 1 is 1.69 bits per heavy atom. The lowest BCUT2D eigenvalue weighted by atomic mass is 10.3. The highest BCUT2D eigenvalue weighted by molar-refractivity contribution is 5.86. The molecule has 1 unspecified atom stereocenters. The van der Waals surface area contributed by atoms with Gasteiger partial charge in [-0.25, -0.2) is 9.78 Å². The van der Waals surface area contributed by atoms with Gasteiger partial charge in [-0.1, -0.05) is 0 Å². The van der Waals surface area contributed by atoms with Crippen molar-refractivity contribution < 1.29 is 19.7 Å². The molecule has 0 amide bonds. The fourth-order valence-electron chi connectivity index (χ4n) is 1.14. The first-order valence-corrected chi connectivity index (χ1v) is 4.73. The maximum Gasteiger partial charge on any atom is 0.354 e. The van der Waals surface area contributed by atoms with Gasteiger partial charge in [-0.05, 0) is 12.1 Å². The number of rotatable bonds is 6. The van der Waals surface area contributed by atoms with Crippen LogP contribution in [-0.4, -0.2) is 47.5 Å². The molecule has 1 aromatic rings. The van der Waals surface area contributed by atoms with Crippen molar-refractivity contribution in [3.63, 3.8) is 0 Å². The van der Waals surface area contributed by atoms with E-state index in [2.05, 4.69) is 10.3 Å². The summed E-state index contributed by atoms with van der Waals surface area (Å²) < 4.78 is 4.76. The van der Waals surface area contributed by atoms with Crippen LogP contribution in [0.5, 0.6) is 0 Å². The summed E-state index contributed by atoms with van der Waals surface area (Å²) in [6.07, 6.45) is 0.764. The van der Waals surface area contributed by atoms with Gasteiger partial charge in [0.25, 0.3) is 0 Å². The van der Waals surface area contributed by atoms with Crippen LogP contribution in [0.15, 0.2) is 18.3 Å². The molecule has 1 heterocycles. The molecule has 0 radical (unpaired) electrons. The lowest BCUT2D eigenvalue weighted by Crippen LogP contribution is -2.24. The van der Waals surface area contributed by atoms with Gasteiger partial charge in [0.1, 0.15) is 5.69 Å². The minimum absolute atomic E-state index is 0.0359. The van der Waals surface area contributed by atoms with Crippen molar-refractivity contribution in [1.82, 2.24) is 4.98 Å². The summed E-state index contributed by atoms with van der Waals surface area (Å²) in [4.78, 5) is 14.3. The van der Waals surface area contributed by atoms with Crippen LogP contribution >= 0.6 is 0 Å². The van der Waals surface area contributed by atoms with Crippen molar-refractivity contribution in [3.05, 3.63) is 24.0 Å². The zero-order valence-corrected chi connectivity index (χ0v) is 8.88. The molecule has 0 aromatic carbocycles. The topological polar surface area (TPSA) is 91.7 Å². The fraction of sp³-hybridized carbons (Fsp3) is 0.400. The molecule has 0 saturated carbocycles. The van der Waals surface area contributed by atoms with E-state index < -0.39 is 12.1 Å². The Morgan fingerprint density at radius 3 is 3.06 bits per heavy atom. The highest BCUT2D eigenvalue weighted by Crippen LogP contribution is 2.07. The molecular weight excluding hydrogens is 212 g/mol. The Morgan fingerprint density at radius 2 is 2.44 bits per heavy atom. The molecular formula is C10H14N2O4. The number of nitrogens with zero attached hydrogens (tertiary/aromatic N) is 1. The average molecular weight is 226 g/mol. The van der Waals surface area contributed by atoms with Gasteiger partial charge in [-0.15, -0.1) is 0 Å². The standard InChI is InChI=1S/C10H14N2O4/c1-16-6-8(13)5-12-7-2-3-11-9(4-7)10(14)15/h2-4,8,13H,5-6H2,1H3,(H,11,12)(H,14,15). The number of aromatic carboxylic acids is 1. The Hall–Kier alpha value is -1.66. The summed E-state index contributed by atoms with van der Waals surface area (Å²) in [6.45, 7) is 0.515. The first-order chi connectivity index (χ1) is 7.63. The smallest absolute Gasteiger partial charge is 0.354 e. The Bertz CT molecular complexity index is 356. The number of aromatic nitrogens is 1. The summed E-state index contributed by atoms with van der Waals surface area (Å²) in [5.74, 6) is -1.08. The molecule has 0 aliphatic carbocycles. The van der Waals surface area contributed by atoms with E-state index in [0.29, 0.717) is 5.69 Å². The summed E-state index contributed by atoms with van der Waals surface area (Å²) in [7, 11) is 1.50. The maximum atomic E-state index is 10.6. The highest BCUT2D eigenvalue weighted by Gasteiger charge is 2.06. The number of hydrogen-bond donors (Lipinski definition) is 3. The summed E-state index contributed by atoms with van der Waals surface area (Å²) >= 11 is 0. The van der Waals surface area contributed by atoms with Gasteiger partial charge in [0, 0.05) is 25.5 Å². The third kappa shape index (κ3) is 3.84. The van der Waals surface area contributed by atoms with E-state index in [9.17, 15) is 9.90 Å². The zero-order chi connectivity index (χ0) is 12.0. The Balaban J connectivity index is 2.54. The molecule has 3 N–H and O–H groups in total. The number of aliphatic hydroxyl groups excluding tert-OH is 1. The SMILES string of the molecule is COCC(O)CNc1ccnc(C(=O)O)c1. The third-order valence-corrected chi connectivity index (χ3v) is 1.88. The normalized spacial score (nSPS) is 12.1. The number of carboxylic acid groups (broad SMARTS) is 1. The maximum absolute atomic E-state index is 10.6. The van der Waals surface area contributed by atoms with E-state index >= 15 is 0 Å². The lowest BCUT2D eigenvalue weighted by Gasteiger charge is -2.11. The quantitative estimate of drug-likeness (QED) is 0.641. The minimum atomic E-state index is -1.08. The molecule has 0 fully saturated rings. The van der Waals surface area contributed by atoms with E-state index in [1.54, 1.807) is 6.07 Å². The Kier molecular flexibility index (Phi) is 4.68. The number of hydrogen-bond acceptors (Lipinski definition) is 5. The van der Waals surface area contributed by atoms with Gasteiger partial charge >= 0.3 is 5.97 Å². The number of pyridine rings is 1. The molecule has 1 rings (SSSR count). The van der Waals surface area contributed by atoms with Gasteiger partial charge in [0.05, 0.1) is 12.7 Å². The van der Waals surface area contributed by atoms with Gasteiger partial charge < -0.3 is 20.3 Å². The van der Waals surface area contributed by atoms with Crippen LogP contribution < -0.4 is 5.32 Å². The van der Waals surface area contributed by atoms with Gasteiger partial charge in [-0.3, -0.25) is 0 Å². The van der Waals surface area contributed by atoms with Crippen LogP contribution in [0.1, 0.15) is 10.5 Å². The number of anilines is 1. The number of carbonyl (C=O) groups is 1. The number of ether oxygens (including phenoxy) is 1. The monoisotopic (exact) mass is 226 g/mol. The van der Waals surface area contributed by atoms with E-state index in [1.165, 1.54) is 19.4 Å². The second-order valence-corrected chi connectivity index (χ2v) is 3.22. The van der Waals surface area contributed by atoms with Crippen LogP contribution in [0.3, 0.4) is 0 Å². The Labute approximate surface area is 92.9 Å². The number of nitrogens with one attached hydrogen (secondary N) is 1. The molecule has 88 valence electrons. The molecule has 0 saturated heterocycles. The molecule has 0 aliphatic rings. The number of aliphatic hydroxyl groups is 1. The van der Waals surface area contributed by atoms with Crippen molar-refractivity contribution in [2.75, 3.05) is 25.6 Å². The summed E-state index contributed by atoms with van der Waals surface area (Å²) in [5, 5.41) is 21.0. The summed E-state index contributed by atoms with van der Waals surface area (Å²) in [5.41, 5.74) is 0.564. The van der Waals surface area contributed by atoms with Crippen LogP contribution in [0.25, 0.3) is 0 Å². The second kappa shape index (κ2) is 6.04. The van der Waals surface area contributed by atoms with Crippen molar-refractivity contribution >= 4 is 11.7 Å². The van der Waals surface area contributed by atoms with E-state index in [4.69, 9.17) is 9.84 Å². The molecule has 6 heteroatoms. The average Bonchev–Trinajstić information content (AvgIpc) is 2.27. The van der Waals surface area contributed by atoms with Gasteiger partial charge in [-0.2, -0.15) is 0 Å². The van der Waals surface area contributed by atoms with Gasteiger partial charge in [0.2, 0.25) is 0 Å². The van der Waals surface area contributed by atoms with Crippen LogP contribution in [0.4, 0.5) is 5.69 Å². The predicted octanol–water partition coefficient (Wildman–Crippen LogP) is 0.199. The first-order valence-electron chi connectivity index (χ1n) is 4.73. The second-order valence-electron chi connectivity index (χ2n) is 3.22. The number of methoxy groups -OCH3 is 1. The first kappa shape index (κ1) is 12.4. The lowest BCUT2D eigenvalue weighted by molar-refractivity contribution is 0.0690. The van der Waals surface area contributed by atoms with Crippen LogP contribution in [-0.2, 0) is 4.74 Å². The fourth-order valence-corrected chi connectivity index (χ4v) is 1.14. The van der Waals surface area contributed by atoms with Gasteiger partial charge in [0.15, 0.2) is 0 Å². The minimum Gasteiger partial charge on any atom is -0.477 e. The largest absolute Gasteiger partial charge is 0.477 e. The molecule has 16 heavy (non-hydrogen) atoms. The molecule has 0 aliphatic heterocycles. The summed E-state index contributed by atoms with van der Waals surface area (Å²) in [6, 6.07) is 3.04. The molecule has 0 bridgehead atoms. The van der Waals surface area contributed by atoms with Crippen molar-refractivity contribution in [2.45, 2.75) is 6.10 Å². The molecule has 6 nitrogen and oxygen atoms in total. The van der Waals surface area contributed by atoms with E-state index in [-0.39, 0.29) is 18.8 Å². The molecule has 1 aromatic heterocycles. The third-order valence-electron chi connectivity index (χ3n) is 1.88. The van der Waals surface area contributed by atoms with Crippen molar-refractivity contribution in [3.8, 4) is 0 Å². The van der Waals surface area contributed by atoms with Crippen LogP contribution in [0.2, 0.25) is 0 Å². The predicted molar refractivity (Wildman–Crippen MR) is 57.6 cm³/mol. The molecule has 0 spiro atoms. The molecule has 1 atom stereocenters. The zero-order valence-electron chi connectivity index (χ0n) is 8.88. The van der Waals surface area contributed by atoms with Crippen LogP contribution in [0, 0.1) is 0 Å². The van der Waals surface area contributed by atoms with Crippen molar-refractivity contribution in [2.24, 2.45) is 0 Å². The highest BCUT2D eigenvalue weighted by atomic mass is 16.5. The van der Waals surface area contributed by atoms with E-state index in [1.807, 2.05) is 0 Å².